The van der Waals surface area contributed by atoms with Crippen LogP contribution in [0.25, 0.3) is 0 Å². The number of hydrogen-bond acceptors (Lipinski definition) is 3. The van der Waals surface area contributed by atoms with Crippen LogP contribution < -0.4 is 0 Å². The van der Waals surface area contributed by atoms with Crippen LogP contribution in [0.2, 0.25) is 0 Å². The van der Waals surface area contributed by atoms with Crippen molar-refractivity contribution in [2.75, 3.05) is 0 Å². The highest BCUT2D eigenvalue weighted by Gasteiger charge is 2.19. The third-order valence-corrected chi connectivity index (χ3v) is 3.06. The van der Waals surface area contributed by atoms with Gasteiger partial charge in [-0.3, -0.25) is 14.8 Å². The summed E-state index contributed by atoms with van der Waals surface area (Å²) >= 11 is 0. The molecule has 3 nitrogen and oxygen atoms in total. The molecular weight excluding hydrogens is 200 g/mol. The summed E-state index contributed by atoms with van der Waals surface area (Å²) in [6.45, 7) is 1.68. The quantitative estimate of drug-likeness (QED) is 0.699. The zero-order valence-corrected chi connectivity index (χ0v) is 9.52. The van der Waals surface area contributed by atoms with Crippen LogP contribution in [0.5, 0.6) is 0 Å². The van der Waals surface area contributed by atoms with Gasteiger partial charge in [-0.25, -0.2) is 0 Å². The molecule has 16 heavy (non-hydrogen) atoms. The van der Waals surface area contributed by atoms with Crippen LogP contribution >= 0.6 is 0 Å². The van der Waals surface area contributed by atoms with Gasteiger partial charge in [0.05, 0.1) is 11.9 Å². The average Bonchev–Trinajstić information content (AvgIpc) is 2.57. The molecule has 2 rings (SSSR count). The minimum atomic E-state index is 0.211. The molecule has 84 valence electrons. The Bertz CT molecular complexity index is 402. The largest absolute Gasteiger partial charge is 0.300 e. The zero-order valence-electron chi connectivity index (χ0n) is 9.52. The van der Waals surface area contributed by atoms with Gasteiger partial charge in [0.1, 0.15) is 5.78 Å². The second-order valence-corrected chi connectivity index (χ2v) is 4.20. The van der Waals surface area contributed by atoms with Gasteiger partial charge >= 0.3 is 0 Å². The lowest BCUT2D eigenvalue weighted by Crippen LogP contribution is -2.14. The Labute approximate surface area is 95.7 Å². The van der Waals surface area contributed by atoms with E-state index in [1.54, 1.807) is 6.92 Å². The van der Waals surface area contributed by atoms with Gasteiger partial charge in [-0.15, -0.1) is 0 Å². The van der Waals surface area contributed by atoms with E-state index in [0.717, 1.165) is 31.4 Å². The molecule has 0 radical (unpaired) electrons. The summed E-state index contributed by atoms with van der Waals surface area (Å²) < 4.78 is 0. The Morgan fingerprint density at radius 1 is 1.44 bits per heavy atom. The first-order valence-corrected chi connectivity index (χ1v) is 5.71. The van der Waals surface area contributed by atoms with Crippen molar-refractivity contribution in [1.29, 1.82) is 0 Å². The van der Waals surface area contributed by atoms with Gasteiger partial charge in [-0.2, -0.15) is 0 Å². The summed E-state index contributed by atoms with van der Waals surface area (Å²) in [6.07, 6.45) is 11.2. The van der Waals surface area contributed by atoms with Crippen LogP contribution in [0.15, 0.2) is 33.5 Å². The first-order chi connectivity index (χ1) is 7.77. The fourth-order valence-electron chi connectivity index (χ4n) is 2.02. The smallest absolute Gasteiger partial charge is 0.133 e. The highest BCUT2D eigenvalue weighted by molar-refractivity contribution is 5.81. The number of carbonyl (C=O) groups excluding carboxylic acids is 1. The fourth-order valence-corrected chi connectivity index (χ4v) is 2.02. The highest BCUT2D eigenvalue weighted by Crippen LogP contribution is 2.29. The lowest BCUT2D eigenvalue weighted by atomic mass is 9.86. The van der Waals surface area contributed by atoms with E-state index >= 15 is 0 Å². The van der Waals surface area contributed by atoms with E-state index in [0.29, 0.717) is 5.78 Å². The number of aliphatic imine (C=N–C) groups is 2. The first kappa shape index (κ1) is 11.0. The van der Waals surface area contributed by atoms with Gasteiger partial charge in [0, 0.05) is 24.8 Å². The van der Waals surface area contributed by atoms with E-state index in [1.807, 2.05) is 18.6 Å². The molecule has 0 bridgehead atoms. The van der Waals surface area contributed by atoms with E-state index < -0.39 is 0 Å². The third kappa shape index (κ3) is 2.54. The molecule has 0 saturated carbocycles. The summed E-state index contributed by atoms with van der Waals surface area (Å²) in [7, 11) is 0. The van der Waals surface area contributed by atoms with Gasteiger partial charge in [0.25, 0.3) is 0 Å². The van der Waals surface area contributed by atoms with Crippen molar-refractivity contribution in [1.82, 2.24) is 0 Å². The predicted molar refractivity (Wildman–Crippen MR) is 65.8 cm³/mol. The maximum absolute atomic E-state index is 11.2. The van der Waals surface area contributed by atoms with E-state index in [4.69, 9.17) is 0 Å². The zero-order chi connectivity index (χ0) is 11.4. The molecule has 1 unspecified atom stereocenters. The summed E-state index contributed by atoms with van der Waals surface area (Å²) in [4.78, 5) is 19.8. The molecule has 1 aliphatic heterocycles. The van der Waals surface area contributed by atoms with E-state index in [-0.39, 0.29) is 5.92 Å². The summed E-state index contributed by atoms with van der Waals surface area (Å²) in [5.74, 6) is 0.509. The monoisotopic (exact) mass is 216 g/mol. The molecule has 0 aromatic carbocycles. The molecule has 0 amide bonds. The molecule has 1 heterocycles. The number of Topliss-reactive ketones (excluding diaryl/α,β-unsaturated/α-hetero) is 1. The van der Waals surface area contributed by atoms with Crippen LogP contribution in [0.3, 0.4) is 0 Å². The van der Waals surface area contributed by atoms with E-state index in [1.165, 1.54) is 5.57 Å². The minimum absolute atomic E-state index is 0.211. The van der Waals surface area contributed by atoms with Crippen molar-refractivity contribution in [3.05, 3.63) is 23.5 Å². The topological polar surface area (TPSA) is 41.8 Å². The number of carbonyl (C=O) groups is 1. The molecule has 0 aromatic rings. The number of allylic oxidation sites excluding steroid dienone is 2. The van der Waals surface area contributed by atoms with Crippen LogP contribution in [-0.4, -0.2) is 18.2 Å². The first-order valence-electron chi connectivity index (χ1n) is 5.71. The standard InChI is InChI=1S/C13H16N2O/c1-10(16)11-3-5-12(6-4-11)13-9-14-7-2-8-15-13/h5,7-9,11H,2-4,6H2,1H3. The molecule has 0 N–H and O–H groups in total. The van der Waals surface area contributed by atoms with Crippen molar-refractivity contribution in [3.63, 3.8) is 0 Å². The maximum Gasteiger partial charge on any atom is 0.133 e. The van der Waals surface area contributed by atoms with Crippen LogP contribution in [-0.2, 0) is 4.79 Å². The van der Waals surface area contributed by atoms with Crippen molar-refractivity contribution >= 4 is 18.2 Å². The minimum Gasteiger partial charge on any atom is -0.300 e. The Kier molecular flexibility index (Phi) is 3.44. The second kappa shape index (κ2) is 5.01. The molecular formula is C13H16N2O. The Morgan fingerprint density at radius 3 is 3.00 bits per heavy atom. The van der Waals surface area contributed by atoms with Crippen LogP contribution in [0.1, 0.15) is 32.6 Å². The third-order valence-electron chi connectivity index (χ3n) is 3.06. The van der Waals surface area contributed by atoms with Gasteiger partial charge in [-0.1, -0.05) is 6.08 Å². The van der Waals surface area contributed by atoms with Crippen LogP contribution in [0.4, 0.5) is 0 Å². The van der Waals surface area contributed by atoms with E-state index in [2.05, 4.69) is 16.1 Å². The molecule has 1 atom stereocenters. The Balaban J connectivity index is 2.09. The van der Waals surface area contributed by atoms with E-state index in [9.17, 15) is 4.79 Å². The van der Waals surface area contributed by atoms with Crippen molar-refractivity contribution in [2.24, 2.45) is 15.9 Å². The lowest BCUT2D eigenvalue weighted by molar-refractivity contribution is -0.120. The highest BCUT2D eigenvalue weighted by atomic mass is 16.1. The summed E-state index contributed by atoms with van der Waals surface area (Å²) in [5, 5.41) is 0. The number of rotatable bonds is 2. The molecule has 3 heteroatoms. The molecule has 0 fully saturated rings. The van der Waals surface area contributed by atoms with Gasteiger partial charge < -0.3 is 0 Å². The van der Waals surface area contributed by atoms with Gasteiger partial charge in [-0.05, 0) is 31.8 Å². The summed E-state index contributed by atoms with van der Waals surface area (Å²) in [6, 6.07) is 0. The van der Waals surface area contributed by atoms with Crippen molar-refractivity contribution in [3.8, 4) is 0 Å². The van der Waals surface area contributed by atoms with Gasteiger partial charge in [0.15, 0.2) is 0 Å². The molecule has 1 aliphatic carbocycles. The van der Waals surface area contributed by atoms with Gasteiger partial charge in [0.2, 0.25) is 0 Å². The number of ketones is 1. The molecule has 0 aromatic heterocycles. The predicted octanol–water partition coefficient (Wildman–Crippen LogP) is 2.69. The average molecular weight is 216 g/mol. The Morgan fingerprint density at radius 2 is 2.31 bits per heavy atom. The van der Waals surface area contributed by atoms with Crippen molar-refractivity contribution < 1.29 is 4.79 Å². The SMILES string of the molecule is CC(=O)C1CC=C(C2=CN=CCC=N2)CC1. The second-order valence-electron chi connectivity index (χ2n) is 4.20. The molecule has 0 spiro atoms. The Hall–Kier alpha value is -1.51. The molecule has 0 saturated heterocycles. The lowest BCUT2D eigenvalue weighted by Gasteiger charge is -2.19. The maximum atomic E-state index is 11.2. The number of hydrogen-bond donors (Lipinski definition) is 0. The molecule has 2 aliphatic rings. The van der Waals surface area contributed by atoms with Crippen molar-refractivity contribution in [2.45, 2.75) is 32.6 Å². The normalized spacial score (nSPS) is 24.7. The van der Waals surface area contributed by atoms with Crippen LogP contribution in [0, 0.1) is 5.92 Å². The fraction of sp³-hybridized carbons (Fsp3) is 0.462. The summed E-state index contributed by atoms with van der Waals surface area (Å²) in [5.41, 5.74) is 2.18. The number of nitrogens with zero attached hydrogens (tertiary/aromatic N) is 2.